The van der Waals surface area contributed by atoms with Gasteiger partial charge in [0.15, 0.2) is 22.2 Å². The van der Waals surface area contributed by atoms with Crippen LogP contribution >= 0.6 is 0 Å². The van der Waals surface area contributed by atoms with Gasteiger partial charge in [-0.15, -0.1) is 10.2 Å². The van der Waals surface area contributed by atoms with E-state index in [1.165, 1.54) is 0 Å². The third-order valence-corrected chi connectivity index (χ3v) is 1.56. The Labute approximate surface area is 117 Å². The fraction of sp³-hybridized carbons (Fsp3) is 0. The molecule has 0 aliphatic rings. The largest absolute Gasteiger partial charge is 2.00 e. The van der Waals surface area contributed by atoms with Gasteiger partial charge in [-0.1, -0.05) is 0 Å². The zero-order valence-electron chi connectivity index (χ0n) is 7.96. The number of hydrogen-bond acceptors (Lipinski definition) is 8. The minimum atomic E-state index is -0.475. The van der Waals surface area contributed by atoms with Crippen LogP contribution in [-0.4, -0.2) is 20.5 Å². The monoisotopic (exact) mass is 321 g/mol. The molecule has 17 heavy (non-hydrogen) atoms. The molecule has 0 saturated heterocycles. The molecule has 0 heterocycles. The summed E-state index contributed by atoms with van der Waals surface area (Å²) in [7, 11) is 0. The Bertz CT molecular complexity index is 501. The zero-order valence-corrected chi connectivity index (χ0v) is 10.5. The summed E-state index contributed by atoms with van der Waals surface area (Å²) < 4.78 is 0. The van der Waals surface area contributed by atoms with Crippen LogP contribution < -0.4 is 22.2 Å². The Morgan fingerprint density at radius 1 is 0.882 bits per heavy atom. The van der Waals surface area contributed by atoms with E-state index in [-0.39, 0.29) is 38.1 Å². The van der Waals surface area contributed by atoms with Crippen LogP contribution in [0.25, 0.3) is 0 Å². The normalized spacial score (nSPS) is 15.1. The predicted octanol–water partition coefficient (Wildman–Crippen LogP) is -2.67. The van der Waals surface area contributed by atoms with Crippen molar-refractivity contribution < 1.29 is 27.3 Å². The Kier molecular flexibility index (Phi) is 5.82. The van der Waals surface area contributed by atoms with Crippen LogP contribution in [0.15, 0.2) is 20.4 Å². The molecule has 0 unspecified atom stereocenters. The Morgan fingerprint density at radius 3 is 1.41 bits per heavy atom. The molecule has 1 radical (unpaired) electrons. The van der Waals surface area contributed by atoms with Gasteiger partial charge in [-0.05, 0) is 10.3 Å². The topological polar surface area (TPSA) is 142 Å². The quantitative estimate of drug-likeness (QED) is 0.154. The maximum Gasteiger partial charge on any atom is 2.00 e. The van der Waals surface area contributed by atoms with E-state index >= 15 is 0 Å². The van der Waals surface area contributed by atoms with Gasteiger partial charge in [0, 0.05) is 0 Å². The van der Waals surface area contributed by atoms with Crippen molar-refractivity contribution in [3.05, 3.63) is 10.7 Å². The smallest absolute Gasteiger partial charge is 0.741 e. The van der Waals surface area contributed by atoms with Crippen molar-refractivity contribution in [2.45, 2.75) is 0 Å². The van der Waals surface area contributed by atoms with Gasteiger partial charge in [-0.3, -0.25) is 0 Å². The van der Waals surface area contributed by atoms with Crippen LogP contribution in [0.4, 0.5) is 0 Å². The van der Waals surface area contributed by atoms with Crippen LogP contribution in [0.5, 0.6) is 11.5 Å². The van der Waals surface area contributed by atoms with E-state index < -0.39 is 11.5 Å². The molecule has 1 aromatic carbocycles. The molecule has 0 spiro atoms. The van der Waals surface area contributed by atoms with Crippen LogP contribution in [0.2, 0.25) is 0 Å². The molecule has 8 nitrogen and oxygen atoms in total. The van der Waals surface area contributed by atoms with Crippen molar-refractivity contribution in [1.29, 1.82) is 0 Å². The summed E-state index contributed by atoms with van der Waals surface area (Å²) in [5.74, 6) is -0.950. The first kappa shape index (κ1) is 15.6. The molecule has 0 fully saturated rings. The number of amidine groups is 2. The summed E-state index contributed by atoms with van der Waals surface area (Å²) in [6.45, 7) is 0. The SMILES string of the molecule is N/C([S-])=N/N=c1\c(O)c(O)\c1=N/N=C(/N)[S-].[Cu+2]. The third-order valence-electron chi connectivity index (χ3n) is 1.39. The van der Waals surface area contributed by atoms with Gasteiger partial charge in [0.2, 0.25) is 0 Å². The molecule has 0 amide bonds. The van der Waals surface area contributed by atoms with Crippen LogP contribution in [0.1, 0.15) is 0 Å². The summed E-state index contributed by atoms with van der Waals surface area (Å²) in [6, 6.07) is 0. The van der Waals surface area contributed by atoms with Crippen LogP contribution in [0, 0.1) is 0 Å². The molecule has 0 saturated carbocycles. The van der Waals surface area contributed by atoms with Crippen LogP contribution in [0.3, 0.4) is 0 Å². The van der Waals surface area contributed by atoms with Crippen molar-refractivity contribution in [3.63, 3.8) is 0 Å². The number of nitrogens with two attached hydrogens (primary N) is 2. The van der Waals surface area contributed by atoms with Crippen molar-refractivity contribution in [1.82, 2.24) is 0 Å². The average Bonchev–Trinajstić information content (AvgIpc) is 2.20. The van der Waals surface area contributed by atoms with Crippen molar-refractivity contribution in [3.8, 4) is 11.5 Å². The molecule has 95 valence electrons. The maximum absolute atomic E-state index is 9.19. The Balaban J connectivity index is 0.00000256. The van der Waals surface area contributed by atoms with Gasteiger partial charge in [-0.25, -0.2) is 0 Å². The number of aromatic hydroxyl groups is 2. The summed E-state index contributed by atoms with van der Waals surface area (Å²) in [5, 5.41) is 31.3. The van der Waals surface area contributed by atoms with Gasteiger partial charge in [0.25, 0.3) is 0 Å². The first-order valence-electron chi connectivity index (χ1n) is 3.73. The van der Waals surface area contributed by atoms with Crippen molar-refractivity contribution in [2.24, 2.45) is 31.9 Å². The molecule has 0 aliphatic heterocycles. The molecule has 0 atom stereocenters. The summed E-state index contributed by atoms with van der Waals surface area (Å²) in [6.07, 6.45) is 0. The zero-order chi connectivity index (χ0) is 12.3. The predicted molar refractivity (Wildman–Crippen MR) is 61.2 cm³/mol. The Morgan fingerprint density at radius 2 is 1.18 bits per heavy atom. The van der Waals surface area contributed by atoms with Gasteiger partial charge >= 0.3 is 17.1 Å². The fourth-order valence-electron chi connectivity index (χ4n) is 0.774. The molecular weight excluding hydrogens is 316 g/mol. The van der Waals surface area contributed by atoms with E-state index in [1.807, 2.05) is 0 Å². The molecule has 11 heteroatoms. The maximum atomic E-state index is 9.19. The molecule has 1 rings (SSSR count). The third kappa shape index (κ3) is 3.82. The molecule has 6 N–H and O–H groups in total. The van der Waals surface area contributed by atoms with E-state index in [4.69, 9.17) is 11.5 Å². The summed E-state index contributed by atoms with van der Waals surface area (Å²) in [5.41, 5.74) is 10.1. The number of hydrogen-bond donors (Lipinski definition) is 4. The van der Waals surface area contributed by atoms with E-state index in [9.17, 15) is 10.2 Å². The van der Waals surface area contributed by atoms with Gasteiger partial charge in [0.1, 0.15) is 0 Å². The van der Waals surface area contributed by atoms with Gasteiger partial charge < -0.3 is 46.9 Å². The minimum absolute atomic E-state index is 0. The van der Waals surface area contributed by atoms with E-state index in [0.29, 0.717) is 0 Å². The van der Waals surface area contributed by atoms with Gasteiger partial charge in [0.05, 0.1) is 0 Å². The van der Waals surface area contributed by atoms with Crippen LogP contribution in [-0.2, 0) is 42.3 Å². The van der Waals surface area contributed by atoms with E-state index in [2.05, 4.69) is 45.7 Å². The first-order chi connectivity index (χ1) is 7.43. The second-order valence-electron chi connectivity index (χ2n) is 2.47. The number of rotatable bonds is 2. The minimum Gasteiger partial charge on any atom is -0.741 e. The van der Waals surface area contributed by atoms with Crippen molar-refractivity contribution in [2.75, 3.05) is 0 Å². The second-order valence-corrected chi connectivity index (χ2v) is 3.31. The van der Waals surface area contributed by atoms with Gasteiger partial charge in [-0.2, -0.15) is 10.2 Å². The first-order valence-corrected chi connectivity index (χ1v) is 4.54. The summed E-state index contributed by atoms with van der Waals surface area (Å²) in [4.78, 5) is 0. The second kappa shape index (κ2) is 6.35. The standard InChI is InChI=1S/C6H8N6O2S2.Cu/c7-5(15)11-9-1-2(4(14)3(1)13)10-12-6(8)16;/h13-14H,(H3,7,11,15)(H3,8,12,16);/q;+2/p-2/b9-1-,10-2-;. The molecule has 0 bridgehead atoms. The van der Waals surface area contributed by atoms with E-state index in [0.717, 1.165) is 0 Å². The fourth-order valence-corrected chi connectivity index (χ4v) is 0.856. The molecular formula is C6H6CuN6O2S2. The molecule has 0 aromatic heterocycles. The summed E-state index contributed by atoms with van der Waals surface area (Å²) >= 11 is 8.88. The number of nitrogens with zero attached hydrogens (tertiary/aromatic N) is 4. The molecule has 0 aliphatic carbocycles. The average molecular weight is 322 g/mol. The Hall–Kier alpha value is -1.42. The van der Waals surface area contributed by atoms with E-state index in [1.54, 1.807) is 0 Å². The molecule has 1 aromatic rings. The van der Waals surface area contributed by atoms with Crippen molar-refractivity contribution >= 4 is 35.6 Å².